The molecule has 2 atom stereocenters. The molecule has 2 aromatic rings. The van der Waals surface area contributed by atoms with Crippen molar-refractivity contribution >= 4 is 5.65 Å². The lowest BCUT2D eigenvalue weighted by Crippen LogP contribution is -2.37. The van der Waals surface area contributed by atoms with Gasteiger partial charge in [0.15, 0.2) is 11.5 Å². The number of allylic oxidation sites excluding steroid dienone is 1. The second-order valence-electron chi connectivity index (χ2n) is 7.64. The van der Waals surface area contributed by atoms with Gasteiger partial charge in [-0.1, -0.05) is 13.0 Å². The number of pyridine rings is 1. The molecule has 2 unspecified atom stereocenters. The van der Waals surface area contributed by atoms with Crippen LogP contribution in [0.4, 0.5) is 0 Å². The van der Waals surface area contributed by atoms with Gasteiger partial charge in [-0.3, -0.25) is 9.30 Å². The summed E-state index contributed by atoms with van der Waals surface area (Å²) >= 11 is 0. The van der Waals surface area contributed by atoms with Gasteiger partial charge in [0, 0.05) is 0 Å². The maximum absolute atomic E-state index is 6.26. The topological polar surface area (TPSA) is 42.7 Å². The molecule has 0 fully saturated rings. The average molecular weight is 328 g/mol. The van der Waals surface area contributed by atoms with Gasteiger partial charge in [-0.05, 0) is 71.3 Å². The van der Waals surface area contributed by atoms with E-state index in [1.807, 2.05) is 22.7 Å². The number of fused-ring (bicyclic) bond motifs is 1. The Hall–Kier alpha value is -1.88. The van der Waals surface area contributed by atoms with Crippen molar-refractivity contribution in [2.24, 2.45) is 5.92 Å². The second-order valence-corrected chi connectivity index (χ2v) is 7.64. The fraction of sp³-hybridized carbons (Fsp3) is 0.579. The van der Waals surface area contributed by atoms with Crippen molar-refractivity contribution in [3.63, 3.8) is 0 Å². The first-order valence-corrected chi connectivity index (χ1v) is 8.66. The van der Waals surface area contributed by atoms with E-state index >= 15 is 0 Å². The van der Waals surface area contributed by atoms with Crippen LogP contribution in [0.5, 0.6) is 5.75 Å². The van der Waals surface area contributed by atoms with E-state index in [4.69, 9.17) is 4.74 Å². The predicted molar refractivity (Wildman–Crippen MR) is 96.3 cm³/mol. The highest BCUT2D eigenvalue weighted by Crippen LogP contribution is 2.29. The first kappa shape index (κ1) is 17.0. The molecule has 0 saturated carbocycles. The smallest absolute Gasteiger partial charge is 0.161 e. The van der Waals surface area contributed by atoms with Crippen LogP contribution in [0.3, 0.4) is 0 Å². The number of hydrogen-bond acceptors (Lipinski definition) is 4. The van der Waals surface area contributed by atoms with Crippen LogP contribution in [0.25, 0.3) is 5.65 Å². The molecule has 0 N–H and O–H groups in total. The molecule has 0 spiro atoms. The largest absolute Gasteiger partial charge is 0.485 e. The number of rotatable bonds is 4. The van der Waals surface area contributed by atoms with E-state index in [0.717, 1.165) is 23.6 Å². The molecule has 5 nitrogen and oxygen atoms in total. The summed E-state index contributed by atoms with van der Waals surface area (Å²) in [4.78, 5) is 2.15. The van der Waals surface area contributed by atoms with Crippen molar-refractivity contribution in [2.75, 3.05) is 14.1 Å². The van der Waals surface area contributed by atoms with Crippen LogP contribution in [-0.4, -0.2) is 39.7 Å². The van der Waals surface area contributed by atoms with Crippen molar-refractivity contribution < 1.29 is 4.74 Å². The van der Waals surface area contributed by atoms with Crippen molar-refractivity contribution in [3.05, 3.63) is 35.8 Å². The molecule has 0 bridgehead atoms. The van der Waals surface area contributed by atoms with Gasteiger partial charge in [-0.25, -0.2) is 0 Å². The maximum atomic E-state index is 6.26. The van der Waals surface area contributed by atoms with E-state index in [9.17, 15) is 0 Å². The summed E-state index contributed by atoms with van der Waals surface area (Å²) in [5.74, 6) is 2.43. The van der Waals surface area contributed by atoms with Crippen LogP contribution in [-0.2, 0) is 5.54 Å². The van der Waals surface area contributed by atoms with Gasteiger partial charge in [0.25, 0.3) is 0 Å². The SMILES string of the molecule is CC1=CC(C)CCC1Oc1ccc2nnc(C(C)(C)N(C)C)n2c1. The zero-order valence-electron chi connectivity index (χ0n) is 15.6. The van der Waals surface area contributed by atoms with Crippen molar-refractivity contribution in [1.29, 1.82) is 0 Å². The van der Waals surface area contributed by atoms with Crippen LogP contribution in [0.15, 0.2) is 30.0 Å². The maximum Gasteiger partial charge on any atom is 0.161 e. The molecule has 130 valence electrons. The molecule has 24 heavy (non-hydrogen) atoms. The van der Waals surface area contributed by atoms with Crippen LogP contribution in [0, 0.1) is 5.92 Å². The first-order chi connectivity index (χ1) is 11.3. The highest BCUT2D eigenvalue weighted by Gasteiger charge is 2.29. The third-order valence-corrected chi connectivity index (χ3v) is 5.26. The molecule has 2 heterocycles. The van der Waals surface area contributed by atoms with Gasteiger partial charge in [-0.2, -0.15) is 0 Å². The van der Waals surface area contributed by atoms with Gasteiger partial charge in [0.2, 0.25) is 0 Å². The Morgan fingerprint density at radius 1 is 1.21 bits per heavy atom. The lowest BCUT2D eigenvalue weighted by Gasteiger charge is -2.30. The van der Waals surface area contributed by atoms with Crippen molar-refractivity contribution in [2.45, 2.75) is 52.2 Å². The van der Waals surface area contributed by atoms with Gasteiger partial charge >= 0.3 is 0 Å². The van der Waals surface area contributed by atoms with Gasteiger partial charge in [-0.15, -0.1) is 10.2 Å². The highest BCUT2D eigenvalue weighted by molar-refractivity contribution is 5.42. The number of hydrogen-bond donors (Lipinski definition) is 0. The third-order valence-electron chi connectivity index (χ3n) is 5.26. The van der Waals surface area contributed by atoms with Gasteiger partial charge < -0.3 is 4.74 Å². The second kappa shape index (κ2) is 6.20. The fourth-order valence-electron chi connectivity index (χ4n) is 3.16. The van der Waals surface area contributed by atoms with E-state index in [-0.39, 0.29) is 11.6 Å². The molecule has 1 aliphatic rings. The van der Waals surface area contributed by atoms with E-state index < -0.39 is 0 Å². The Bertz CT molecular complexity index is 760. The molecular formula is C19H28N4O. The molecule has 0 saturated heterocycles. The molecule has 5 heteroatoms. The lowest BCUT2D eigenvalue weighted by atomic mass is 9.90. The van der Waals surface area contributed by atoms with E-state index in [2.05, 4.69) is 63.0 Å². The normalized spacial score (nSPS) is 22.0. The molecule has 0 radical (unpaired) electrons. The van der Waals surface area contributed by atoms with Crippen LogP contribution in [0.2, 0.25) is 0 Å². The molecule has 0 aromatic carbocycles. The first-order valence-electron chi connectivity index (χ1n) is 8.66. The van der Waals surface area contributed by atoms with Crippen LogP contribution >= 0.6 is 0 Å². The Labute approximate surface area is 144 Å². The van der Waals surface area contributed by atoms with Gasteiger partial charge in [0.1, 0.15) is 11.9 Å². The monoisotopic (exact) mass is 328 g/mol. The quantitative estimate of drug-likeness (QED) is 0.804. The van der Waals surface area contributed by atoms with Crippen LogP contribution < -0.4 is 4.74 Å². The Balaban J connectivity index is 1.92. The highest BCUT2D eigenvalue weighted by atomic mass is 16.5. The Kier molecular flexibility index (Phi) is 4.38. The Morgan fingerprint density at radius 3 is 2.62 bits per heavy atom. The summed E-state index contributed by atoms with van der Waals surface area (Å²) < 4.78 is 8.30. The number of nitrogens with zero attached hydrogens (tertiary/aromatic N) is 4. The van der Waals surface area contributed by atoms with Crippen molar-refractivity contribution in [3.8, 4) is 5.75 Å². The van der Waals surface area contributed by atoms with Crippen molar-refractivity contribution in [1.82, 2.24) is 19.5 Å². The summed E-state index contributed by atoms with van der Waals surface area (Å²) in [5, 5.41) is 8.70. The summed E-state index contributed by atoms with van der Waals surface area (Å²) in [6, 6.07) is 3.96. The molecular weight excluding hydrogens is 300 g/mol. The van der Waals surface area contributed by atoms with E-state index in [0.29, 0.717) is 5.92 Å². The molecule has 3 rings (SSSR count). The minimum atomic E-state index is -0.214. The lowest BCUT2D eigenvalue weighted by molar-refractivity contribution is 0.183. The molecule has 0 amide bonds. The summed E-state index contributed by atoms with van der Waals surface area (Å²) in [7, 11) is 4.11. The van der Waals surface area contributed by atoms with Crippen LogP contribution in [0.1, 0.15) is 46.4 Å². The zero-order valence-corrected chi connectivity index (χ0v) is 15.6. The van der Waals surface area contributed by atoms with Gasteiger partial charge in [0.05, 0.1) is 11.7 Å². The van der Waals surface area contributed by atoms with E-state index in [1.54, 1.807) is 0 Å². The molecule has 0 aliphatic heterocycles. The fourth-order valence-corrected chi connectivity index (χ4v) is 3.16. The average Bonchev–Trinajstić information content (AvgIpc) is 2.93. The standard InChI is InChI=1S/C19H28N4O/c1-13-7-9-16(14(2)11-13)24-15-8-10-17-20-21-18(23(17)12-15)19(3,4)22(5)6/h8,10-13,16H,7,9H2,1-6H3. The minimum Gasteiger partial charge on any atom is -0.485 e. The third kappa shape index (κ3) is 3.05. The summed E-state index contributed by atoms with van der Waals surface area (Å²) in [6.45, 7) is 8.72. The Morgan fingerprint density at radius 2 is 1.96 bits per heavy atom. The zero-order chi connectivity index (χ0) is 17.5. The number of ether oxygens (including phenoxy) is 1. The molecule has 1 aliphatic carbocycles. The summed E-state index contributed by atoms with van der Waals surface area (Å²) in [5.41, 5.74) is 1.96. The minimum absolute atomic E-state index is 0.167. The molecule has 2 aromatic heterocycles. The predicted octanol–water partition coefficient (Wildman–Crippen LogP) is 3.65. The van der Waals surface area contributed by atoms with E-state index in [1.165, 1.54) is 12.0 Å². The number of aromatic nitrogens is 3. The summed E-state index contributed by atoms with van der Waals surface area (Å²) in [6.07, 6.45) is 6.75.